The van der Waals surface area contributed by atoms with Crippen LogP contribution in [0.3, 0.4) is 0 Å². The first-order valence-electron chi connectivity index (χ1n) is 5.15. The third-order valence-corrected chi connectivity index (χ3v) is 1.94. The molecule has 0 radical (unpaired) electrons. The Morgan fingerprint density at radius 2 is 2.36 bits per heavy atom. The summed E-state index contributed by atoms with van der Waals surface area (Å²) in [4.78, 5) is 0. The van der Waals surface area contributed by atoms with Crippen molar-refractivity contribution in [2.24, 2.45) is 7.05 Å². The van der Waals surface area contributed by atoms with E-state index in [1.807, 2.05) is 13.2 Å². The predicted octanol–water partition coefficient (Wildman–Crippen LogP) is 1.19. The second-order valence-electron chi connectivity index (χ2n) is 3.30. The number of nitrogens with one attached hydrogen (secondary N) is 1. The van der Waals surface area contributed by atoms with Gasteiger partial charge in [0.1, 0.15) is 6.61 Å². The van der Waals surface area contributed by atoms with Gasteiger partial charge in [-0.2, -0.15) is 5.10 Å². The van der Waals surface area contributed by atoms with E-state index >= 15 is 0 Å². The van der Waals surface area contributed by atoms with Gasteiger partial charge in [-0.05, 0) is 13.0 Å². The summed E-state index contributed by atoms with van der Waals surface area (Å²) in [6.07, 6.45) is 6.06. The van der Waals surface area contributed by atoms with E-state index in [1.165, 1.54) is 12.8 Å². The maximum atomic E-state index is 5.46. The molecular weight excluding hydrogens is 178 g/mol. The second kappa shape index (κ2) is 6.43. The quantitative estimate of drug-likeness (QED) is 0.667. The molecule has 0 atom stereocenters. The number of rotatable bonds is 7. The average molecular weight is 197 g/mol. The molecule has 0 spiro atoms. The lowest BCUT2D eigenvalue weighted by Gasteiger charge is -2.04. The van der Waals surface area contributed by atoms with E-state index in [2.05, 4.69) is 17.3 Å². The summed E-state index contributed by atoms with van der Waals surface area (Å²) < 4.78 is 7.20. The van der Waals surface area contributed by atoms with Crippen molar-refractivity contribution in [1.29, 1.82) is 0 Å². The van der Waals surface area contributed by atoms with Gasteiger partial charge in [0.25, 0.3) is 0 Å². The monoisotopic (exact) mass is 197 g/mol. The van der Waals surface area contributed by atoms with Gasteiger partial charge in [0.2, 0.25) is 0 Å². The van der Waals surface area contributed by atoms with Crippen LogP contribution in [0.4, 0.5) is 0 Å². The summed E-state index contributed by atoms with van der Waals surface area (Å²) in [7, 11) is 1.88. The van der Waals surface area contributed by atoms with E-state index in [0.29, 0.717) is 6.61 Å². The molecule has 4 nitrogen and oxygen atoms in total. The van der Waals surface area contributed by atoms with E-state index < -0.39 is 0 Å². The average Bonchev–Trinajstić information content (AvgIpc) is 2.58. The molecule has 1 N–H and O–H groups in total. The Hall–Kier alpha value is -1.03. The Morgan fingerprint density at radius 1 is 1.50 bits per heavy atom. The molecule has 0 aliphatic heterocycles. The van der Waals surface area contributed by atoms with Crippen LogP contribution < -0.4 is 10.1 Å². The maximum absolute atomic E-state index is 5.46. The summed E-state index contributed by atoms with van der Waals surface area (Å²) in [6.45, 7) is 4.87. The molecule has 0 aliphatic rings. The molecule has 1 aromatic rings. The molecule has 0 fully saturated rings. The number of hydrogen-bond donors (Lipinski definition) is 1. The van der Waals surface area contributed by atoms with Crippen LogP contribution in [0.2, 0.25) is 0 Å². The van der Waals surface area contributed by atoms with Crippen molar-refractivity contribution in [2.45, 2.75) is 19.8 Å². The third kappa shape index (κ3) is 4.28. The molecule has 0 bridgehead atoms. The fraction of sp³-hybridized carbons (Fsp3) is 0.700. The van der Waals surface area contributed by atoms with Crippen LogP contribution in [0.25, 0.3) is 0 Å². The van der Waals surface area contributed by atoms with Crippen molar-refractivity contribution < 1.29 is 4.74 Å². The molecule has 0 saturated carbocycles. The minimum absolute atomic E-state index is 0.704. The van der Waals surface area contributed by atoms with Gasteiger partial charge in [-0.15, -0.1) is 0 Å². The zero-order valence-electron chi connectivity index (χ0n) is 8.99. The van der Waals surface area contributed by atoms with Crippen molar-refractivity contribution >= 4 is 0 Å². The smallest absolute Gasteiger partial charge is 0.157 e. The first kappa shape index (κ1) is 11.0. The number of aromatic nitrogens is 2. The van der Waals surface area contributed by atoms with E-state index in [1.54, 1.807) is 10.9 Å². The first-order chi connectivity index (χ1) is 6.83. The zero-order chi connectivity index (χ0) is 10.2. The van der Waals surface area contributed by atoms with Crippen LogP contribution in [0.15, 0.2) is 12.4 Å². The summed E-state index contributed by atoms with van der Waals surface area (Å²) in [5, 5.41) is 7.33. The Morgan fingerprint density at radius 3 is 3.00 bits per heavy atom. The lowest BCUT2D eigenvalue weighted by Crippen LogP contribution is -2.21. The highest BCUT2D eigenvalue weighted by Gasteiger charge is 1.95. The lowest BCUT2D eigenvalue weighted by molar-refractivity contribution is 0.313. The summed E-state index contributed by atoms with van der Waals surface area (Å²) in [6, 6.07) is 0. The number of nitrogens with zero attached hydrogens (tertiary/aromatic N) is 2. The number of ether oxygens (including phenoxy) is 1. The van der Waals surface area contributed by atoms with Crippen molar-refractivity contribution in [1.82, 2.24) is 15.1 Å². The highest BCUT2D eigenvalue weighted by atomic mass is 16.5. The normalized spacial score (nSPS) is 10.4. The molecule has 1 rings (SSSR count). The van der Waals surface area contributed by atoms with Gasteiger partial charge in [0.15, 0.2) is 5.75 Å². The molecule has 0 saturated heterocycles. The van der Waals surface area contributed by atoms with Gasteiger partial charge in [-0.25, -0.2) is 0 Å². The fourth-order valence-corrected chi connectivity index (χ4v) is 1.14. The Labute approximate surface area is 85.3 Å². The van der Waals surface area contributed by atoms with Gasteiger partial charge in [0, 0.05) is 13.6 Å². The molecule has 80 valence electrons. The third-order valence-electron chi connectivity index (χ3n) is 1.94. The van der Waals surface area contributed by atoms with Gasteiger partial charge in [0.05, 0.1) is 12.4 Å². The van der Waals surface area contributed by atoms with Crippen molar-refractivity contribution in [3.63, 3.8) is 0 Å². The Bertz CT molecular complexity index is 247. The number of hydrogen-bond acceptors (Lipinski definition) is 3. The van der Waals surface area contributed by atoms with E-state index in [4.69, 9.17) is 4.74 Å². The van der Waals surface area contributed by atoms with Crippen LogP contribution >= 0.6 is 0 Å². The first-order valence-corrected chi connectivity index (χ1v) is 5.15. The highest BCUT2D eigenvalue weighted by Crippen LogP contribution is 2.05. The molecule has 14 heavy (non-hydrogen) atoms. The van der Waals surface area contributed by atoms with Gasteiger partial charge >= 0.3 is 0 Å². The summed E-state index contributed by atoms with van der Waals surface area (Å²) >= 11 is 0. The maximum Gasteiger partial charge on any atom is 0.157 e. The summed E-state index contributed by atoms with van der Waals surface area (Å²) in [5.74, 6) is 0.838. The van der Waals surface area contributed by atoms with Crippen molar-refractivity contribution in [2.75, 3.05) is 19.7 Å². The Kier molecular flexibility index (Phi) is 5.07. The van der Waals surface area contributed by atoms with Crippen LogP contribution in [0.5, 0.6) is 5.75 Å². The molecule has 1 heterocycles. The predicted molar refractivity (Wildman–Crippen MR) is 56.5 cm³/mol. The molecule has 0 unspecified atom stereocenters. The summed E-state index contributed by atoms with van der Waals surface area (Å²) in [5.41, 5.74) is 0. The van der Waals surface area contributed by atoms with Crippen LogP contribution in [-0.4, -0.2) is 29.5 Å². The molecule has 0 aromatic carbocycles. The molecule has 0 amide bonds. The molecule has 1 aromatic heterocycles. The molecule has 0 aliphatic carbocycles. The van der Waals surface area contributed by atoms with E-state index in [-0.39, 0.29) is 0 Å². The van der Waals surface area contributed by atoms with Crippen molar-refractivity contribution in [3.8, 4) is 5.75 Å². The van der Waals surface area contributed by atoms with Crippen LogP contribution in [0.1, 0.15) is 19.8 Å². The topological polar surface area (TPSA) is 39.1 Å². The molecular formula is C10H19N3O. The number of unbranched alkanes of at least 4 members (excludes halogenated alkanes) is 1. The highest BCUT2D eigenvalue weighted by molar-refractivity contribution is 5.11. The van der Waals surface area contributed by atoms with E-state index in [0.717, 1.165) is 18.8 Å². The van der Waals surface area contributed by atoms with E-state index in [9.17, 15) is 0 Å². The van der Waals surface area contributed by atoms with Crippen LogP contribution in [0, 0.1) is 0 Å². The van der Waals surface area contributed by atoms with Gasteiger partial charge in [-0.1, -0.05) is 13.3 Å². The van der Waals surface area contributed by atoms with Gasteiger partial charge < -0.3 is 10.1 Å². The van der Waals surface area contributed by atoms with Crippen LogP contribution in [-0.2, 0) is 7.05 Å². The Balaban J connectivity index is 1.99. The second-order valence-corrected chi connectivity index (χ2v) is 3.30. The van der Waals surface area contributed by atoms with Crippen molar-refractivity contribution in [3.05, 3.63) is 12.4 Å². The lowest BCUT2D eigenvalue weighted by atomic mass is 10.3. The fourth-order valence-electron chi connectivity index (χ4n) is 1.14. The number of aryl methyl sites for hydroxylation is 1. The largest absolute Gasteiger partial charge is 0.489 e. The minimum atomic E-state index is 0.704. The SMILES string of the molecule is CCCCNCCOc1cnn(C)c1. The zero-order valence-corrected chi connectivity index (χ0v) is 8.99. The molecule has 4 heteroatoms. The minimum Gasteiger partial charge on any atom is -0.489 e. The standard InChI is InChI=1S/C10H19N3O/c1-3-4-5-11-6-7-14-10-8-12-13(2)9-10/h8-9,11H,3-7H2,1-2H3. The van der Waals surface area contributed by atoms with Gasteiger partial charge in [-0.3, -0.25) is 4.68 Å².